The van der Waals surface area contributed by atoms with Gasteiger partial charge in [-0.3, -0.25) is 4.79 Å². The predicted octanol–water partition coefficient (Wildman–Crippen LogP) is 2.90. The molecule has 0 aliphatic carbocycles. The van der Waals surface area contributed by atoms with Gasteiger partial charge in [0.2, 0.25) is 0 Å². The molecule has 2 N–H and O–H groups in total. The van der Waals surface area contributed by atoms with Crippen LogP contribution >= 0.6 is 28.1 Å². The van der Waals surface area contributed by atoms with E-state index in [4.69, 9.17) is 18.0 Å². The molecule has 1 aromatic carbocycles. The van der Waals surface area contributed by atoms with Gasteiger partial charge in [0, 0.05) is 29.0 Å². The lowest BCUT2D eigenvalue weighted by atomic mass is 9.96. The van der Waals surface area contributed by atoms with Crippen LogP contribution in [0.5, 0.6) is 0 Å². The third kappa shape index (κ3) is 3.15. The Hall–Kier alpha value is -0.940. The lowest BCUT2D eigenvalue weighted by Crippen LogP contribution is -2.41. The van der Waals surface area contributed by atoms with E-state index in [0.717, 1.165) is 41.5 Å². The van der Waals surface area contributed by atoms with E-state index in [-0.39, 0.29) is 11.8 Å². The van der Waals surface area contributed by atoms with E-state index in [1.54, 1.807) is 0 Å². The number of hydrogen-bond donors (Lipinski definition) is 1. The monoisotopic (exact) mass is 340 g/mol. The average Bonchev–Trinajstić information content (AvgIpc) is 2.41. The van der Waals surface area contributed by atoms with E-state index < -0.39 is 0 Å². The molecule has 5 heteroatoms. The highest BCUT2D eigenvalue weighted by molar-refractivity contribution is 9.10. The van der Waals surface area contributed by atoms with Gasteiger partial charge in [0.1, 0.15) is 0 Å². The molecule has 3 nitrogen and oxygen atoms in total. The minimum atomic E-state index is 0.0974. The molecule has 102 valence electrons. The number of nitrogens with two attached hydrogens (primary N) is 1. The second kappa shape index (κ2) is 6.01. The van der Waals surface area contributed by atoms with Crippen LogP contribution in [0.3, 0.4) is 0 Å². The molecule has 1 heterocycles. The highest BCUT2D eigenvalue weighted by Crippen LogP contribution is 2.23. The summed E-state index contributed by atoms with van der Waals surface area (Å²) in [6, 6.07) is 5.72. The van der Waals surface area contributed by atoms with Crippen molar-refractivity contribution in [2.45, 2.75) is 19.8 Å². The van der Waals surface area contributed by atoms with Crippen LogP contribution in [0.2, 0.25) is 0 Å². The highest BCUT2D eigenvalue weighted by atomic mass is 79.9. The van der Waals surface area contributed by atoms with Crippen molar-refractivity contribution in [2.24, 2.45) is 11.7 Å². The fraction of sp³-hybridized carbons (Fsp3) is 0.429. The summed E-state index contributed by atoms with van der Waals surface area (Å²) >= 11 is 8.48. The van der Waals surface area contributed by atoms with Gasteiger partial charge in [0.25, 0.3) is 5.91 Å². The number of piperidine rings is 1. The first-order chi connectivity index (χ1) is 9.00. The molecule has 0 aromatic heterocycles. The van der Waals surface area contributed by atoms with Gasteiger partial charge in [-0.15, -0.1) is 0 Å². The smallest absolute Gasteiger partial charge is 0.254 e. The number of thiocarbonyl (C=S) groups is 1. The van der Waals surface area contributed by atoms with Crippen LogP contribution in [0.1, 0.15) is 28.8 Å². The van der Waals surface area contributed by atoms with Gasteiger partial charge < -0.3 is 10.6 Å². The predicted molar refractivity (Wildman–Crippen MR) is 84.3 cm³/mol. The highest BCUT2D eigenvalue weighted by Gasteiger charge is 2.25. The molecule has 2 rings (SSSR count). The maximum Gasteiger partial charge on any atom is 0.254 e. The summed E-state index contributed by atoms with van der Waals surface area (Å²) in [7, 11) is 0. The fourth-order valence-corrected chi connectivity index (χ4v) is 2.98. The van der Waals surface area contributed by atoms with Crippen molar-refractivity contribution in [3.8, 4) is 0 Å². The van der Waals surface area contributed by atoms with Crippen LogP contribution in [0, 0.1) is 12.8 Å². The van der Waals surface area contributed by atoms with Crippen molar-refractivity contribution >= 4 is 39.0 Å². The third-order valence-corrected chi connectivity index (χ3v) is 4.88. The van der Waals surface area contributed by atoms with Crippen LogP contribution < -0.4 is 5.73 Å². The number of amides is 1. The molecule has 0 saturated carbocycles. The number of carbonyl (C=O) groups excluding carboxylic acids is 1. The lowest BCUT2D eigenvalue weighted by molar-refractivity contribution is 0.0709. The number of likely N-dealkylation sites (tertiary alicyclic amines) is 1. The molecule has 1 fully saturated rings. The molecule has 1 saturated heterocycles. The molecule has 1 aliphatic heterocycles. The van der Waals surface area contributed by atoms with Gasteiger partial charge in [-0.25, -0.2) is 0 Å². The van der Waals surface area contributed by atoms with Crippen molar-refractivity contribution in [1.82, 2.24) is 4.90 Å². The van der Waals surface area contributed by atoms with Crippen LogP contribution in [0.25, 0.3) is 0 Å². The Kier molecular flexibility index (Phi) is 4.58. The third-order valence-electron chi connectivity index (χ3n) is 3.68. The van der Waals surface area contributed by atoms with E-state index in [1.807, 2.05) is 30.0 Å². The Bertz CT molecular complexity index is 510. The van der Waals surface area contributed by atoms with E-state index in [1.165, 1.54) is 0 Å². The molecule has 0 unspecified atom stereocenters. The number of halogens is 1. The second-order valence-electron chi connectivity index (χ2n) is 4.88. The molecule has 0 radical (unpaired) electrons. The van der Waals surface area contributed by atoms with E-state index in [0.29, 0.717) is 4.99 Å². The Balaban J connectivity index is 2.09. The Morgan fingerprint density at radius 3 is 2.63 bits per heavy atom. The number of carbonyl (C=O) groups is 1. The average molecular weight is 341 g/mol. The van der Waals surface area contributed by atoms with Gasteiger partial charge >= 0.3 is 0 Å². The maximum absolute atomic E-state index is 12.5. The first-order valence-corrected chi connectivity index (χ1v) is 7.54. The summed E-state index contributed by atoms with van der Waals surface area (Å²) in [4.78, 5) is 15.0. The van der Waals surface area contributed by atoms with Crippen LogP contribution in [0.4, 0.5) is 0 Å². The quantitative estimate of drug-likeness (QED) is 0.842. The summed E-state index contributed by atoms with van der Waals surface area (Å²) in [5.41, 5.74) is 7.42. The molecule has 1 aromatic rings. The second-order valence-corrected chi connectivity index (χ2v) is 6.21. The standard InChI is InChI=1S/C14H17BrN2OS/c1-9-11(3-2-4-12(9)15)14(18)17-7-5-10(6-8-17)13(16)19/h2-4,10H,5-8H2,1H3,(H2,16,19). The zero-order valence-electron chi connectivity index (χ0n) is 10.9. The molecule has 0 atom stereocenters. The summed E-state index contributed by atoms with van der Waals surface area (Å²) in [6.45, 7) is 3.42. The summed E-state index contributed by atoms with van der Waals surface area (Å²) in [5, 5.41) is 0. The number of rotatable bonds is 2. The minimum Gasteiger partial charge on any atom is -0.393 e. The fourth-order valence-electron chi connectivity index (χ4n) is 2.38. The molecule has 0 spiro atoms. The minimum absolute atomic E-state index is 0.0974. The maximum atomic E-state index is 12.5. The summed E-state index contributed by atoms with van der Waals surface area (Å²) in [6.07, 6.45) is 1.74. The first kappa shape index (κ1) is 14.5. The van der Waals surface area contributed by atoms with Crippen LogP contribution in [-0.2, 0) is 0 Å². The Morgan fingerprint density at radius 2 is 2.05 bits per heavy atom. The van der Waals surface area contributed by atoms with E-state index in [2.05, 4.69) is 15.9 Å². The summed E-state index contributed by atoms with van der Waals surface area (Å²) in [5.74, 6) is 0.378. The van der Waals surface area contributed by atoms with Gasteiger partial charge in [0.05, 0.1) is 4.99 Å². The Labute approximate surface area is 127 Å². The number of hydrogen-bond acceptors (Lipinski definition) is 2. The largest absolute Gasteiger partial charge is 0.393 e. The number of benzene rings is 1. The number of nitrogens with zero attached hydrogens (tertiary/aromatic N) is 1. The Morgan fingerprint density at radius 1 is 1.42 bits per heavy atom. The van der Waals surface area contributed by atoms with Gasteiger partial charge in [-0.1, -0.05) is 34.2 Å². The van der Waals surface area contributed by atoms with Crippen LogP contribution in [0.15, 0.2) is 22.7 Å². The molecule has 0 bridgehead atoms. The SMILES string of the molecule is Cc1c(Br)cccc1C(=O)N1CCC(C(N)=S)CC1. The van der Waals surface area contributed by atoms with Crippen LogP contribution in [-0.4, -0.2) is 28.9 Å². The lowest BCUT2D eigenvalue weighted by Gasteiger charge is -2.32. The van der Waals surface area contributed by atoms with Gasteiger partial charge in [-0.05, 0) is 37.5 Å². The van der Waals surface area contributed by atoms with E-state index >= 15 is 0 Å². The molecule has 1 amide bonds. The molecular formula is C14H17BrN2OS. The normalized spacial score (nSPS) is 16.4. The van der Waals surface area contributed by atoms with Crippen molar-refractivity contribution in [3.63, 3.8) is 0 Å². The van der Waals surface area contributed by atoms with Gasteiger partial charge in [0.15, 0.2) is 0 Å². The molecule has 1 aliphatic rings. The molecular weight excluding hydrogens is 324 g/mol. The van der Waals surface area contributed by atoms with Crippen molar-refractivity contribution < 1.29 is 4.79 Å². The van der Waals surface area contributed by atoms with Crippen molar-refractivity contribution in [3.05, 3.63) is 33.8 Å². The first-order valence-electron chi connectivity index (χ1n) is 6.34. The topological polar surface area (TPSA) is 46.3 Å². The van der Waals surface area contributed by atoms with Gasteiger partial charge in [-0.2, -0.15) is 0 Å². The van der Waals surface area contributed by atoms with E-state index in [9.17, 15) is 4.79 Å². The summed E-state index contributed by atoms with van der Waals surface area (Å²) < 4.78 is 0.969. The zero-order chi connectivity index (χ0) is 14.0. The van der Waals surface area contributed by atoms with Crippen molar-refractivity contribution in [1.29, 1.82) is 0 Å². The van der Waals surface area contributed by atoms with Crippen molar-refractivity contribution in [2.75, 3.05) is 13.1 Å². The molecule has 19 heavy (non-hydrogen) atoms. The zero-order valence-corrected chi connectivity index (χ0v) is 13.3.